The Labute approximate surface area is 174 Å². The maximum Gasteiger partial charge on any atom is 0.417 e. The number of rotatable bonds is 4. The molecular formula is C19H18F3N3O6. The number of carbonyl (C=O) groups excluding carboxylic acids is 3. The van der Waals surface area contributed by atoms with Crippen LogP contribution in [0.1, 0.15) is 31.9 Å². The number of methoxy groups -OCH3 is 1. The highest BCUT2D eigenvalue weighted by Gasteiger charge is 2.44. The Morgan fingerprint density at radius 3 is 2.16 bits per heavy atom. The maximum absolute atomic E-state index is 13.6. The third-order valence-electron chi connectivity index (χ3n) is 4.53. The van der Waals surface area contributed by atoms with Crippen molar-refractivity contribution in [2.45, 2.75) is 33.0 Å². The first-order chi connectivity index (χ1) is 14.3. The minimum absolute atomic E-state index is 0.513. The summed E-state index contributed by atoms with van der Waals surface area (Å²) in [6, 6.07) is 2.81. The van der Waals surface area contributed by atoms with Crippen molar-refractivity contribution in [3.05, 3.63) is 63.0 Å². The van der Waals surface area contributed by atoms with E-state index in [0.29, 0.717) is 5.01 Å². The molecule has 0 radical (unpaired) electrons. The zero-order valence-corrected chi connectivity index (χ0v) is 16.9. The van der Waals surface area contributed by atoms with Crippen LogP contribution < -0.4 is 0 Å². The van der Waals surface area contributed by atoms with Crippen LogP contribution in [0.3, 0.4) is 0 Å². The summed E-state index contributed by atoms with van der Waals surface area (Å²) in [6.07, 6.45) is -4.12. The third kappa shape index (κ3) is 4.42. The first-order valence-corrected chi connectivity index (χ1v) is 8.78. The van der Waals surface area contributed by atoms with E-state index >= 15 is 0 Å². The van der Waals surface area contributed by atoms with E-state index in [4.69, 9.17) is 0 Å². The van der Waals surface area contributed by atoms with E-state index in [9.17, 15) is 37.7 Å². The number of allylic oxidation sites excluding steroid dienone is 1. The predicted octanol–water partition coefficient (Wildman–Crippen LogP) is 2.76. The molecule has 9 nitrogen and oxygen atoms in total. The molecule has 0 saturated heterocycles. The number of alkyl halides is 3. The van der Waals surface area contributed by atoms with Gasteiger partial charge >= 0.3 is 12.1 Å². The van der Waals surface area contributed by atoms with Gasteiger partial charge in [-0.1, -0.05) is 18.2 Å². The lowest BCUT2D eigenvalue weighted by molar-refractivity contribution is -0.418. The van der Waals surface area contributed by atoms with Gasteiger partial charge in [0.1, 0.15) is 6.20 Å². The van der Waals surface area contributed by atoms with Crippen molar-refractivity contribution >= 4 is 23.4 Å². The van der Waals surface area contributed by atoms with Crippen LogP contribution in [0.2, 0.25) is 0 Å². The summed E-state index contributed by atoms with van der Waals surface area (Å²) in [6.45, 7) is 3.34. The van der Waals surface area contributed by atoms with Gasteiger partial charge in [-0.3, -0.25) is 24.7 Å². The Bertz CT molecular complexity index is 1000. The summed E-state index contributed by atoms with van der Waals surface area (Å²) in [5.74, 6) is -2.78. The molecule has 1 aromatic carbocycles. The number of nitro groups is 1. The minimum Gasteiger partial charge on any atom is -0.466 e. The van der Waals surface area contributed by atoms with E-state index in [2.05, 4.69) is 4.74 Å². The second-order valence-electron chi connectivity index (χ2n) is 6.50. The van der Waals surface area contributed by atoms with Crippen LogP contribution >= 0.6 is 0 Å². The minimum atomic E-state index is -4.88. The Hall–Kier alpha value is -3.70. The molecule has 2 rings (SSSR count). The van der Waals surface area contributed by atoms with Crippen molar-refractivity contribution in [1.82, 2.24) is 10.0 Å². The number of imide groups is 1. The number of hydrogen-bond donors (Lipinski definition) is 0. The largest absolute Gasteiger partial charge is 0.466 e. The first-order valence-electron chi connectivity index (χ1n) is 8.78. The molecule has 1 heterocycles. The molecule has 1 aliphatic heterocycles. The highest BCUT2D eigenvalue weighted by Crippen LogP contribution is 2.42. The van der Waals surface area contributed by atoms with Crippen molar-refractivity contribution in [3.63, 3.8) is 0 Å². The van der Waals surface area contributed by atoms with Crippen molar-refractivity contribution in [2.75, 3.05) is 7.11 Å². The molecular weight excluding hydrogens is 423 g/mol. The number of halogens is 3. The molecule has 2 amide bonds. The van der Waals surface area contributed by atoms with Gasteiger partial charge in [0.05, 0.1) is 34.8 Å². The average molecular weight is 441 g/mol. The predicted molar refractivity (Wildman–Crippen MR) is 100.0 cm³/mol. The van der Waals surface area contributed by atoms with Crippen LogP contribution in [0.25, 0.3) is 5.57 Å². The molecule has 31 heavy (non-hydrogen) atoms. The van der Waals surface area contributed by atoms with Crippen molar-refractivity contribution in [1.29, 1.82) is 0 Å². The van der Waals surface area contributed by atoms with Gasteiger partial charge in [0.25, 0.3) is 5.70 Å². The van der Waals surface area contributed by atoms with E-state index in [-0.39, 0.29) is 0 Å². The van der Waals surface area contributed by atoms with Crippen LogP contribution in [-0.2, 0) is 25.3 Å². The van der Waals surface area contributed by atoms with Crippen LogP contribution in [0.15, 0.2) is 41.7 Å². The molecule has 0 spiro atoms. The number of ether oxygens (including phenoxy) is 1. The van der Waals surface area contributed by atoms with E-state index in [1.807, 2.05) is 0 Å². The van der Waals surface area contributed by atoms with Gasteiger partial charge in [-0.15, -0.1) is 0 Å². The van der Waals surface area contributed by atoms with Gasteiger partial charge in [0.2, 0.25) is 11.8 Å². The van der Waals surface area contributed by atoms with Crippen molar-refractivity contribution < 1.29 is 37.2 Å². The van der Waals surface area contributed by atoms with Crippen LogP contribution in [-0.4, -0.2) is 45.9 Å². The quantitative estimate of drug-likeness (QED) is 0.401. The number of hydrogen-bond acceptors (Lipinski definition) is 7. The molecule has 12 heteroatoms. The molecule has 1 aliphatic rings. The molecule has 0 N–H and O–H groups in total. The van der Waals surface area contributed by atoms with E-state index in [1.54, 1.807) is 0 Å². The van der Waals surface area contributed by atoms with Crippen LogP contribution in [0.5, 0.6) is 0 Å². The Morgan fingerprint density at radius 2 is 1.71 bits per heavy atom. The molecule has 1 atom stereocenters. The van der Waals surface area contributed by atoms with Gasteiger partial charge in [-0.25, -0.2) is 4.79 Å². The Kier molecular flexibility index (Phi) is 6.52. The van der Waals surface area contributed by atoms with E-state index < -0.39 is 62.9 Å². The highest BCUT2D eigenvalue weighted by atomic mass is 19.4. The summed E-state index contributed by atoms with van der Waals surface area (Å²) in [7, 11) is 0.956. The lowest BCUT2D eigenvalue weighted by atomic mass is 9.88. The summed E-state index contributed by atoms with van der Waals surface area (Å²) in [5, 5.41) is 13.2. The van der Waals surface area contributed by atoms with Crippen LogP contribution in [0.4, 0.5) is 13.2 Å². The number of amides is 2. The standard InChI is InChI=1S/C19H18F3N3O6/c1-10-16(18(28)31-4)17(13-7-5-6-8-14(13)19(20,21)22)15(25(29)30)9-23(10)24(11(2)26)12(3)27/h5-10H,1-4H3. The molecule has 0 bridgehead atoms. The highest BCUT2D eigenvalue weighted by molar-refractivity contribution is 6.03. The molecule has 1 aromatic rings. The van der Waals surface area contributed by atoms with Gasteiger partial charge in [0, 0.05) is 19.4 Å². The fourth-order valence-electron chi connectivity index (χ4n) is 3.31. The smallest absolute Gasteiger partial charge is 0.417 e. The second kappa shape index (κ2) is 8.58. The van der Waals surface area contributed by atoms with E-state index in [0.717, 1.165) is 50.4 Å². The number of benzene rings is 1. The number of esters is 1. The summed E-state index contributed by atoms with van der Waals surface area (Å²) < 4.78 is 45.5. The molecule has 0 fully saturated rings. The fraction of sp³-hybridized carbons (Fsp3) is 0.316. The topological polar surface area (TPSA) is 110 Å². The normalized spacial score (nSPS) is 16.5. The van der Waals surface area contributed by atoms with Gasteiger partial charge in [0.15, 0.2) is 0 Å². The zero-order valence-electron chi connectivity index (χ0n) is 16.9. The molecule has 0 aromatic heterocycles. The van der Waals surface area contributed by atoms with E-state index in [1.165, 1.54) is 13.0 Å². The van der Waals surface area contributed by atoms with Crippen molar-refractivity contribution in [3.8, 4) is 0 Å². The fourth-order valence-corrected chi connectivity index (χ4v) is 3.31. The number of hydrazine groups is 1. The number of carbonyl (C=O) groups is 3. The summed E-state index contributed by atoms with van der Waals surface area (Å²) >= 11 is 0. The molecule has 0 aliphatic carbocycles. The van der Waals surface area contributed by atoms with Crippen LogP contribution in [0, 0.1) is 10.1 Å². The number of nitrogens with zero attached hydrogens (tertiary/aromatic N) is 3. The van der Waals surface area contributed by atoms with Crippen molar-refractivity contribution in [2.24, 2.45) is 0 Å². The first kappa shape index (κ1) is 23.6. The summed E-state index contributed by atoms with van der Waals surface area (Å²) in [5.41, 5.74) is -3.85. The Morgan fingerprint density at radius 1 is 1.16 bits per heavy atom. The lowest BCUT2D eigenvalue weighted by Gasteiger charge is -2.38. The van der Waals surface area contributed by atoms with Gasteiger partial charge < -0.3 is 4.74 Å². The van der Waals surface area contributed by atoms with Gasteiger partial charge in [-0.05, 0) is 13.0 Å². The monoisotopic (exact) mass is 441 g/mol. The molecule has 166 valence electrons. The molecule has 1 unspecified atom stereocenters. The van der Waals surface area contributed by atoms with Gasteiger partial charge in [-0.2, -0.15) is 18.2 Å². The third-order valence-corrected chi connectivity index (χ3v) is 4.53. The SMILES string of the molecule is COC(=O)C1=C(c2ccccc2C(F)(F)F)C([N+](=O)[O-])=CN(N(C(C)=O)C(C)=O)C1C. The lowest BCUT2D eigenvalue weighted by Crippen LogP contribution is -2.52. The molecule has 0 saturated carbocycles. The zero-order chi connectivity index (χ0) is 23.7. The summed E-state index contributed by atoms with van der Waals surface area (Å²) in [4.78, 5) is 47.3. The average Bonchev–Trinajstić information content (AvgIpc) is 2.66. The second-order valence-corrected chi connectivity index (χ2v) is 6.50. The Balaban J connectivity index is 2.94. The maximum atomic E-state index is 13.6.